The molecule has 4 nitrogen and oxygen atoms in total. The second-order valence-electron chi connectivity index (χ2n) is 4.59. The van der Waals surface area contributed by atoms with Gasteiger partial charge in [0.2, 0.25) is 0 Å². The van der Waals surface area contributed by atoms with Crippen molar-refractivity contribution in [1.29, 1.82) is 0 Å². The van der Waals surface area contributed by atoms with Crippen LogP contribution in [0, 0.1) is 0 Å². The summed E-state index contributed by atoms with van der Waals surface area (Å²) in [5.41, 5.74) is 0. The summed E-state index contributed by atoms with van der Waals surface area (Å²) in [4.78, 5) is 14.3. The Morgan fingerprint density at radius 2 is 1.89 bits per heavy atom. The number of hydrogen-bond donors (Lipinski definition) is 2. The third-order valence-corrected chi connectivity index (χ3v) is 4.94. The molecule has 1 aliphatic rings. The van der Waals surface area contributed by atoms with Crippen molar-refractivity contribution in [3.8, 4) is 0 Å². The number of carbonyl (C=O) groups excluding carboxylic acids is 1. The van der Waals surface area contributed by atoms with E-state index < -0.39 is 12.2 Å². The lowest BCUT2D eigenvalue weighted by Crippen LogP contribution is -2.29. The average Bonchev–Trinajstić information content (AvgIpc) is 2.91. The molecule has 0 aliphatic carbocycles. The van der Waals surface area contributed by atoms with Gasteiger partial charge >= 0.3 is 0 Å². The quantitative estimate of drug-likeness (QED) is 0.843. The fraction of sp³-hybridized carbons (Fsp3) is 0.308. The molecule has 2 atom stereocenters. The second-order valence-corrected chi connectivity index (χ2v) is 6.02. The summed E-state index contributed by atoms with van der Waals surface area (Å²) in [7, 11) is 0. The summed E-state index contributed by atoms with van der Waals surface area (Å²) in [6.45, 7) is 0.287. The Balaban J connectivity index is 1.96. The number of benzene rings is 1. The highest BCUT2D eigenvalue weighted by Gasteiger charge is 2.34. The van der Waals surface area contributed by atoms with Crippen LogP contribution in [0.5, 0.6) is 0 Å². The molecule has 1 amide bonds. The van der Waals surface area contributed by atoms with Crippen LogP contribution in [-0.2, 0) is 0 Å². The van der Waals surface area contributed by atoms with Gasteiger partial charge in [-0.2, -0.15) is 0 Å². The van der Waals surface area contributed by atoms with Gasteiger partial charge in [-0.05, 0) is 6.07 Å². The van der Waals surface area contributed by atoms with E-state index >= 15 is 0 Å². The van der Waals surface area contributed by atoms with Gasteiger partial charge in [0.15, 0.2) is 0 Å². The Morgan fingerprint density at radius 3 is 2.53 bits per heavy atom. The molecule has 0 bridgehead atoms. The Kier molecular flexibility index (Phi) is 3.22. The first-order valence-corrected chi connectivity index (χ1v) is 7.10. The van der Waals surface area contributed by atoms with Crippen LogP contribution in [0.2, 0.25) is 5.02 Å². The van der Waals surface area contributed by atoms with E-state index in [1.165, 1.54) is 16.2 Å². The fourth-order valence-corrected chi connectivity index (χ4v) is 3.71. The van der Waals surface area contributed by atoms with Crippen molar-refractivity contribution in [3.05, 3.63) is 34.2 Å². The van der Waals surface area contributed by atoms with Crippen LogP contribution in [-0.4, -0.2) is 46.3 Å². The SMILES string of the molecule is O=C(c1sc2ccccc2c1Cl)N1C[C@@H](O)[C@@H](O)C1. The van der Waals surface area contributed by atoms with Crippen LogP contribution in [0.1, 0.15) is 9.67 Å². The van der Waals surface area contributed by atoms with Crippen molar-refractivity contribution in [3.63, 3.8) is 0 Å². The van der Waals surface area contributed by atoms with E-state index in [-0.39, 0.29) is 19.0 Å². The van der Waals surface area contributed by atoms with Gasteiger partial charge in [0.25, 0.3) is 5.91 Å². The zero-order valence-corrected chi connectivity index (χ0v) is 11.5. The largest absolute Gasteiger partial charge is 0.388 e. The maximum Gasteiger partial charge on any atom is 0.265 e. The van der Waals surface area contributed by atoms with Crippen molar-refractivity contribution in [2.45, 2.75) is 12.2 Å². The van der Waals surface area contributed by atoms with Gasteiger partial charge in [0, 0.05) is 23.2 Å². The van der Waals surface area contributed by atoms with Crippen LogP contribution in [0.3, 0.4) is 0 Å². The van der Waals surface area contributed by atoms with Gasteiger partial charge in [-0.25, -0.2) is 0 Å². The fourth-order valence-electron chi connectivity index (χ4n) is 2.23. The van der Waals surface area contributed by atoms with E-state index in [4.69, 9.17) is 11.6 Å². The highest BCUT2D eigenvalue weighted by atomic mass is 35.5. The van der Waals surface area contributed by atoms with Gasteiger partial charge in [-0.3, -0.25) is 4.79 Å². The smallest absolute Gasteiger partial charge is 0.265 e. The Labute approximate surface area is 118 Å². The number of thiophene rings is 1. The van der Waals surface area contributed by atoms with E-state index in [2.05, 4.69) is 0 Å². The van der Waals surface area contributed by atoms with Gasteiger partial charge in [-0.15, -0.1) is 11.3 Å². The lowest BCUT2D eigenvalue weighted by atomic mass is 10.2. The van der Waals surface area contributed by atoms with Crippen molar-refractivity contribution in [2.24, 2.45) is 0 Å². The predicted molar refractivity (Wildman–Crippen MR) is 74.8 cm³/mol. The van der Waals surface area contributed by atoms with Gasteiger partial charge in [0.05, 0.1) is 17.2 Å². The Bertz CT molecular complexity index is 632. The molecule has 1 saturated heterocycles. The number of aliphatic hydroxyl groups is 2. The minimum absolute atomic E-state index is 0.143. The van der Waals surface area contributed by atoms with Crippen molar-refractivity contribution in [2.75, 3.05) is 13.1 Å². The van der Waals surface area contributed by atoms with Gasteiger partial charge in [0.1, 0.15) is 4.88 Å². The molecule has 1 fully saturated rings. The molecule has 1 aromatic carbocycles. The number of carbonyl (C=O) groups is 1. The summed E-state index contributed by atoms with van der Waals surface area (Å²) in [6, 6.07) is 7.56. The van der Waals surface area contributed by atoms with Crippen LogP contribution < -0.4 is 0 Å². The second kappa shape index (κ2) is 4.76. The summed E-state index contributed by atoms with van der Waals surface area (Å²) in [6.07, 6.45) is -1.76. The molecule has 1 aromatic heterocycles. The first-order chi connectivity index (χ1) is 9.08. The summed E-state index contributed by atoms with van der Waals surface area (Å²) in [5.74, 6) is -0.234. The van der Waals surface area contributed by atoms with Crippen molar-refractivity contribution >= 4 is 38.9 Å². The molecular formula is C13H12ClNO3S. The standard InChI is InChI=1S/C13H12ClNO3S/c14-11-7-3-1-2-4-10(7)19-12(11)13(18)15-5-8(16)9(17)6-15/h1-4,8-9,16-17H,5-6H2/t8-,9+. The van der Waals surface area contributed by atoms with Gasteiger partial charge < -0.3 is 15.1 Å². The molecule has 6 heteroatoms. The molecule has 0 radical (unpaired) electrons. The van der Waals surface area contributed by atoms with Crippen LogP contribution >= 0.6 is 22.9 Å². The molecular weight excluding hydrogens is 286 g/mol. The third kappa shape index (κ3) is 2.12. The Hall–Kier alpha value is -1.14. The van der Waals surface area contributed by atoms with E-state index in [0.717, 1.165) is 10.1 Å². The molecule has 1 aliphatic heterocycles. The van der Waals surface area contributed by atoms with Crippen LogP contribution in [0.4, 0.5) is 0 Å². The molecule has 19 heavy (non-hydrogen) atoms. The normalized spacial score (nSPS) is 23.2. The monoisotopic (exact) mass is 297 g/mol. The summed E-state index contributed by atoms with van der Waals surface area (Å²) in [5, 5.41) is 20.3. The molecule has 100 valence electrons. The van der Waals surface area contributed by atoms with Crippen molar-refractivity contribution in [1.82, 2.24) is 4.90 Å². The number of nitrogens with zero attached hydrogens (tertiary/aromatic N) is 1. The first kappa shape index (κ1) is 12.9. The first-order valence-electron chi connectivity index (χ1n) is 5.90. The Morgan fingerprint density at radius 1 is 1.26 bits per heavy atom. The predicted octanol–water partition coefficient (Wildman–Crippen LogP) is 1.73. The average molecular weight is 298 g/mol. The number of aliphatic hydroxyl groups excluding tert-OH is 2. The molecule has 0 saturated carbocycles. The number of β-amino-alcohol motifs (C(OH)–C–C–N with tert-alkyl or cyclic N) is 2. The maximum atomic E-state index is 12.4. The van der Waals surface area contributed by atoms with E-state index in [1.54, 1.807) is 0 Å². The number of halogens is 1. The lowest BCUT2D eigenvalue weighted by molar-refractivity contribution is 0.0572. The summed E-state index contributed by atoms with van der Waals surface area (Å²) < 4.78 is 0.955. The number of likely N-dealkylation sites (tertiary alicyclic amines) is 1. The van der Waals surface area contributed by atoms with Gasteiger partial charge in [-0.1, -0.05) is 29.8 Å². The van der Waals surface area contributed by atoms with E-state index in [1.807, 2.05) is 24.3 Å². The van der Waals surface area contributed by atoms with E-state index in [9.17, 15) is 15.0 Å². The highest BCUT2D eigenvalue weighted by molar-refractivity contribution is 7.21. The third-order valence-electron chi connectivity index (χ3n) is 3.28. The molecule has 0 unspecified atom stereocenters. The number of amides is 1. The van der Waals surface area contributed by atoms with Crippen LogP contribution in [0.25, 0.3) is 10.1 Å². The minimum Gasteiger partial charge on any atom is -0.388 e. The zero-order chi connectivity index (χ0) is 13.6. The lowest BCUT2D eigenvalue weighted by Gasteiger charge is -2.14. The summed E-state index contributed by atoms with van der Waals surface area (Å²) >= 11 is 7.58. The molecule has 0 spiro atoms. The number of hydrogen-bond acceptors (Lipinski definition) is 4. The number of rotatable bonds is 1. The minimum atomic E-state index is -0.878. The molecule has 3 rings (SSSR count). The van der Waals surface area contributed by atoms with Crippen molar-refractivity contribution < 1.29 is 15.0 Å². The highest BCUT2D eigenvalue weighted by Crippen LogP contribution is 2.36. The molecule has 2 aromatic rings. The van der Waals surface area contributed by atoms with E-state index in [0.29, 0.717) is 9.90 Å². The van der Waals surface area contributed by atoms with Crippen LogP contribution in [0.15, 0.2) is 24.3 Å². The number of fused-ring (bicyclic) bond motifs is 1. The zero-order valence-electron chi connectivity index (χ0n) is 9.91. The molecule has 2 N–H and O–H groups in total. The maximum absolute atomic E-state index is 12.4. The topological polar surface area (TPSA) is 60.8 Å². The molecule has 2 heterocycles.